The number of amides is 2. The zero-order chi connectivity index (χ0) is 23.3. The Bertz CT molecular complexity index is 1230. The number of carbonyl (C=O) groups is 1. The fraction of sp³-hybridized carbons (Fsp3) is 0.174. The molecule has 0 saturated heterocycles. The number of urea groups is 1. The van der Waals surface area contributed by atoms with Crippen molar-refractivity contribution in [2.45, 2.75) is 19.6 Å². The van der Waals surface area contributed by atoms with E-state index in [0.717, 1.165) is 10.6 Å². The number of nitriles is 1. The Labute approximate surface area is 181 Å². The molecule has 0 aliphatic carbocycles. The SMILES string of the molecule is CCNC(=O)Nc1cccc(-c2cc(C(F)(F)F)c(C#N)c(=O)n2Cc2ccccc2)c1. The number of halogens is 3. The fourth-order valence-corrected chi connectivity index (χ4v) is 3.23. The zero-order valence-corrected chi connectivity index (χ0v) is 17.0. The Hall–Kier alpha value is -4.06. The van der Waals surface area contributed by atoms with Crippen LogP contribution in [0.1, 0.15) is 23.6 Å². The molecule has 32 heavy (non-hydrogen) atoms. The van der Waals surface area contributed by atoms with Gasteiger partial charge in [-0.15, -0.1) is 0 Å². The molecule has 0 bridgehead atoms. The van der Waals surface area contributed by atoms with Gasteiger partial charge in [-0.2, -0.15) is 18.4 Å². The van der Waals surface area contributed by atoms with Crippen LogP contribution in [0.3, 0.4) is 0 Å². The molecule has 0 fully saturated rings. The summed E-state index contributed by atoms with van der Waals surface area (Å²) in [6, 6.07) is 16.6. The highest BCUT2D eigenvalue weighted by Gasteiger charge is 2.36. The van der Waals surface area contributed by atoms with Gasteiger partial charge in [0.25, 0.3) is 5.56 Å². The van der Waals surface area contributed by atoms with E-state index in [9.17, 15) is 28.0 Å². The van der Waals surface area contributed by atoms with Gasteiger partial charge >= 0.3 is 12.2 Å². The molecule has 0 aliphatic heterocycles. The summed E-state index contributed by atoms with van der Waals surface area (Å²) in [5.41, 5.74) is -2.03. The second kappa shape index (κ2) is 9.39. The first kappa shape index (κ1) is 22.6. The van der Waals surface area contributed by atoms with Gasteiger partial charge in [0.1, 0.15) is 11.6 Å². The Morgan fingerprint density at radius 1 is 1.09 bits per heavy atom. The summed E-state index contributed by atoms with van der Waals surface area (Å²) in [5, 5.41) is 14.4. The molecule has 0 atom stereocenters. The third kappa shape index (κ3) is 4.98. The molecule has 164 valence electrons. The number of alkyl halides is 3. The third-order valence-electron chi connectivity index (χ3n) is 4.65. The van der Waals surface area contributed by atoms with Gasteiger partial charge in [0.15, 0.2) is 0 Å². The molecule has 0 aliphatic rings. The molecule has 2 aromatic carbocycles. The number of aromatic nitrogens is 1. The molecule has 2 amide bonds. The Balaban J connectivity index is 2.21. The van der Waals surface area contributed by atoms with Crippen LogP contribution in [0.25, 0.3) is 11.3 Å². The van der Waals surface area contributed by atoms with Gasteiger partial charge in [0.2, 0.25) is 0 Å². The third-order valence-corrected chi connectivity index (χ3v) is 4.65. The predicted molar refractivity (Wildman–Crippen MR) is 114 cm³/mol. The molecule has 1 heterocycles. The average Bonchev–Trinajstić information content (AvgIpc) is 2.75. The lowest BCUT2D eigenvalue weighted by molar-refractivity contribution is -0.137. The standard InChI is InChI=1S/C23H19F3N4O2/c1-2-28-22(32)29-17-10-6-9-16(11-17)20-12-19(23(24,25)26)18(13-27)21(31)30(20)14-15-7-4-3-5-8-15/h3-12H,2,14H2,1H3,(H2,28,29,32). The van der Waals surface area contributed by atoms with Crippen LogP contribution in [-0.2, 0) is 12.7 Å². The first-order valence-corrected chi connectivity index (χ1v) is 9.69. The van der Waals surface area contributed by atoms with Crippen LogP contribution in [0, 0.1) is 11.3 Å². The molecular weight excluding hydrogens is 421 g/mol. The number of nitrogens with one attached hydrogen (secondary N) is 2. The van der Waals surface area contributed by atoms with E-state index < -0.39 is 28.9 Å². The number of anilines is 1. The predicted octanol–water partition coefficient (Wildman–Crippen LogP) is 4.60. The lowest BCUT2D eigenvalue weighted by atomic mass is 10.0. The van der Waals surface area contributed by atoms with Gasteiger partial charge < -0.3 is 15.2 Å². The normalized spacial score (nSPS) is 11.0. The quantitative estimate of drug-likeness (QED) is 0.608. The highest BCUT2D eigenvalue weighted by atomic mass is 19.4. The second-order valence-electron chi connectivity index (χ2n) is 6.87. The Morgan fingerprint density at radius 3 is 2.44 bits per heavy atom. The van der Waals surface area contributed by atoms with Crippen LogP contribution >= 0.6 is 0 Å². The summed E-state index contributed by atoms with van der Waals surface area (Å²) >= 11 is 0. The summed E-state index contributed by atoms with van der Waals surface area (Å²) in [7, 11) is 0. The van der Waals surface area contributed by atoms with Crippen molar-refractivity contribution in [1.29, 1.82) is 5.26 Å². The summed E-state index contributed by atoms with van der Waals surface area (Å²) in [6.07, 6.45) is -4.89. The van der Waals surface area contributed by atoms with Gasteiger partial charge in [-0.05, 0) is 30.7 Å². The number of carbonyl (C=O) groups excluding carboxylic acids is 1. The molecule has 0 radical (unpaired) electrons. The van der Waals surface area contributed by atoms with Crippen molar-refractivity contribution >= 4 is 11.7 Å². The molecule has 1 aromatic heterocycles. The van der Waals surface area contributed by atoms with E-state index in [4.69, 9.17) is 0 Å². The smallest absolute Gasteiger partial charge is 0.338 e. The maximum absolute atomic E-state index is 13.6. The van der Waals surface area contributed by atoms with E-state index in [-0.39, 0.29) is 17.8 Å². The van der Waals surface area contributed by atoms with Crippen LogP contribution in [0.2, 0.25) is 0 Å². The zero-order valence-electron chi connectivity index (χ0n) is 17.0. The van der Waals surface area contributed by atoms with Crippen LogP contribution in [0.5, 0.6) is 0 Å². The maximum atomic E-state index is 13.6. The molecule has 0 unspecified atom stereocenters. The number of rotatable bonds is 5. The average molecular weight is 440 g/mol. The van der Waals surface area contributed by atoms with Crippen molar-refractivity contribution in [3.63, 3.8) is 0 Å². The molecule has 0 saturated carbocycles. The Morgan fingerprint density at radius 2 is 1.81 bits per heavy atom. The van der Waals surface area contributed by atoms with Crippen molar-refractivity contribution in [2.24, 2.45) is 0 Å². The summed E-state index contributed by atoms with van der Waals surface area (Å²) in [5.74, 6) is 0. The minimum Gasteiger partial charge on any atom is -0.338 e. The first-order chi connectivity index (χ1) is 15.2. The monoisotopic (exact) mass is 440 g/mol. The van der Waals surface area contributed by atoms with E-state index in [1.165, 1.54) is 18.2 Å². The van der Waals surface area contributed by atoms with Crippen molar-refractivity contribution in [1.82, 2.24) is 9.88 Å². The van der Waals surface area contributed by atoms with Gasteiger partial charge in [-0.3, -0.25) is 4.79 Å². The van der Waals surface area contributed by atoms with Crippen LogP contribution in [-0.4, -0.2) is 17.1 Å². The second-order valence-corrected chi connectivity index (χ2v) is 6.87. The number of nitrogens with zero attached hydrogens (tertiary/aromatic N) is 2. The highest BCUT2D eigenvalue weighted by Crippen LogP contribution is 2.34. The summed E-state index contributed by atoms with van der Waals surface area (Å²) in [4.78, 5) is 24.8. The molecule has 3 rings (SSSR count). The number of pyridine rings is 1. The van der Waals surface area contributed by atoms with Crippen molar-refractivity contribution in [3.05, 3.63) is 87.7 Å². The van der Waals surface area contributed by atoms with Gasteiger partial charge in [0, 0.05) is 17.8 Å². The van der Waals surface area contributed by atoms with Crippen LogP contribution < -0.4 is 16.2 Å². The van der Waals surface area contributed by atoms with Crippen LogP contribution in [0.4, 0.5) is 23.7 Å². The van der Waals surface area contributed by atoms with E-state index in [2.05, 4.69) is 10.6 Å². The number of benzene rings is 2. The van der Waals surface area contributed by atoms with E-state index in [1.54, 1.807) is 49.4 Å². The molecule has 3 aromatic rings. The lowest BCUT2D eigenvalue weighted by Gasteiger charge is -2.18. The highest BCUT2D eigenvalue weighted by molar-refractivity contribution is 5.90. The van der Waals surface area contributed by atoms with Crippen molar-refractivity contribution < 1.29 is 18.0 Å². The maximum Gasteiger partial charge on any atom is 0.417 e. The molecule has 0 spiro atoms. The molecule has 9 heteroatoms. The molecule has 6 nitrogen and oxygen atoms in total. The summed E-state index contributed by atoms with van der Waals surface area (Å²) < 4.78 is 42.1. The molecule has 2 N–H and O–H groups in total. The van der Waals surface area contributed by atoms with Crippen molar-refractivity contribution in [2.75, 3.05) is 11.9 Å². The van der Waals surface area contributed by atoms with E-state index >= 15 is 0 Å². The summed E-state index contributed by atoms with van der Waals surface area (Å²) in [6.45, 7) is 2.11. The van der Waals surface area contributed by atoms with E-state index in [0.29, 0.717) is 17.8 Å². The minimum absolute atomic E-state index is 0.0234. The van der Waals surface area contributed by atoms with Gasteiger partial charge in [-0.1, -0.05) is 42.5 Å². The van der Waals surface area contributed by atoms with Crippen LogP contribution in [0.15, 0.2) is 65.5 Å². The first-order valence-electron chi connectivity index (χ1n) is 9.69. The fourth-order valence-electron chi connectivity index (χ4n) is 3.23. The van der Waals surface area contributed by atoms with Crippen molar-refractivity contribution in [3.8, 4) is 17.3 Å². The molecular formula is C23H19F3N4O2. The number of hydrogen-bond donors (Lipinski definition) is 2. The van der Waals surface area contributed by atoms with E-state index in [1.807, 2.05) is 0 Å². The largest absolute Gasteiger partial charge is 0.417 e. The van der Waals surface area contributed by atoms with Gasteiger partial charge in [0.05, 0.1) is 17.8 Å². The number of hydrogen-bond acceptors (Lipinski definition) is 3. The van der Waals surface area contributed by atoms with Gasteiger partial charge in [-0.25, -0.2) is 4.79 Å². The lowest BCUT2D eigenvalue weighted by Crippen LogP contribution is -2.29. The topological polar surface area (TPSA) is 86.9 Å². The minimum atomic E-state index is -4.89. The Kier molecular flexibility index (Phi) is 6.64.